The minimum atomic E-state index is -0.606. The molecule has 10 aromatic carbocycles. The smallest absolute Gasteiger partial charge is 0.157 e. The molecule has 108 heavy (non-hydrogen) atoms. The molecule has 11 nitrogen and oxygen atoms in total. The summed E-state index contributed by atoms with van der Waals surface area (Å²) < 4.78 is 0. The molecule has 12 heteroatoms. The third kappa shape index (κ3) is 24.8. The van der Waals surface area contributed by atoms with Gasteiger partial charge in [-0.15, -0.1) is 11.6 Å². The van der Waals surface area contributed by atoms with Gasteiger partial charge in [0.1, 0.15) is 34.5 Å². The molecular weight excluding hydrogens is 1360 g/mol. The number of benzene rings is 10. The van der Waals surface area contributed by atoms with Crippen molar-refractivity contribution in [2.45, 2.75) is 241 Å². The van der Waals surface area contributed by atoms with E-state index >= 15 is 0 Å². The van der Waals surface area contributed by atoms with Crippen LogP contribution in [0.4, 0.5) is 0 Å². The minimum Gasteiger partial charge on any atom is -0.508 e. The number of rotatable bonds is 12. The Kier molecular flexibility index (Phi) is 34.0. The lowest BCUT2D eigenvalue weighted by molar-refractivity contribution is 0.401. The third-order valence-electron chi connectivity index (χ3n) is 22.4. The summed E-state index contributed by atoms with van der Waals surface area (Å²) in [5.41, 5.74) is 12.8. The summed E-state index contributed by atoms with van der Waals surface area (Å²) in [4.78, 5) is -0.362. The zero-order chi connectivity index (χ0) is 80.5. The van der Waals surface area contributed by atoms with Crippen LogP contribution >= 0.6 is 11.6 Å². The highest BCUT2D eigenvalue weighted by molar-refractivity contribution is 6.23. The van der Waals surface area contributed by atoms with E-state index in [0.717, 1.165) is 84.2 Å². The molecule has 0 aromatic heterocycles. The third-order valence-corrected chi connectivity index (χ3v) is 22.8. The fraction of sp³-hybridized carbons (Fsp3) is 0.406. The second-order valence-corrected chi connectivity index (χ2v) is 32.0. The lowest BCUT2D eigenvalue weighted by Gasteiger charge is -2.28. The van der Waals surface area contributed by atoms with Crippen molar-refractivity contribution in [3.05, 3.63) is 249 Å². The highest BCUT2D eigenvalue weighted by Crippen LogP contribution is 2.42. The Labute approximate surface area is 650 Å². The molecule has 10 unspecified atom stereocenters. The van der Waals surface area contributed by atoms with E-state index in [2.05, 4.69) is 146 Å². The van der Waals surface area contributed by atoms with E-state index in [9.17, 15) is 40.9 Å². The Morgan fingerprint density at radius 3 is 1.39 bits per heavy atom. The van der Waals surface area contributed by atoms with Gasteiger partial charge in [-0.25, -0.2) is 0 Å². The molecule has 2 aliphatic rings. The average molecular weight is 1490 g/mol. The monoisotopic (exact) mass is 1490 g/mol. The van der Waals surface area contributed by atoms with Gasteiger partial charge in [0, 0.05) is 10.8 Å². The second kappa shape index (κ2) is 41.2. The summed E-state index contributed by atoms with van der Waals surface area (Å²) in [5.74, 6) is 6.58. The number of aromatic hydroxyl groups is 10. The fourth-order valence-corrected chi connectivity index (χ4v) is 13.2. The number of halogens is 1. The zero-order valence-electron chi connectivity index (χ0n) is 67.7. The van der Waals surface area contributed by atoms with Gasteiger partial charge in [-0.3, -0.25) is 0 Å². The molecule has 0 bridgehead atoms. The molecule has 0 spiro atoms. The first-order valence-corrected chi connectivity index (χ1v) is 39.1. The van der Waals surface area contributed by atoms with Crippen molar-refractivity contribution in [1.82, 2.24) is 0 Å². The predicted octanol–water partition coefficient (Wildman–Crippen LogP) is 26.2. The molecule has 10 N–H and O–H groups in total. The van der Waals surface area contributed by atoms with E-state index in [4.69, 9.17) is 27.1 Å². The standard InChI is InChI=1S/2C14H16O.C14H22O.C12H16O.C11H13NO2.C11H14O.C10H13ClO.C10H14O2/c1-3-10(2)11-6-4-8-13-12(11)7-5-9-14(13)15;1-3-10(2)11-8-9-14(15)13-7-5-4-6-12(11)13;1-6-10(2)11-7-12(14(3,4)5)9-13(15)8-11;1-8-3-4-10-7-11(13)5-6-12(10)9(8)2;1-3-11(2,7-12)8-4-5-9(13)10(14)6-8;1-7-5-9-6-10(12)3-4-11(9)8(7)2;1-3-10(2,11)8-5-4-6-9(12)7-8;1-3-7(2)8-4-5-9(11)10(12)6-8/h2*4-10,15H,3H2,1-2H3;7-10,15H,6H2,1-5H3;5-9,13H,3-4H2,1-2H3;4-6,13-14H,3H2,1-2H3;3-4,6-8,12H,5H2,1-2H3;4-7,12H,3H2,1-2H3;4-7,11-12H,3H2,1-2H3. The highest BCUT2D eigenvalue weighted by atomic mass is 35.5. The summed E-state index contributed by atoms with van der Waals surface area (Å²) in [6.45, 7) is 40.7. The molecule has 10 atom stereocenters. The van der Waals surface area contributed by atoms with Gasteiger partial charge in [-0.05, 0) is 281 Å². The van der Waals surface area contributed by atoms with Gasteiger partial charge in [0.25, 0.3) is 0 Å². The molecular formula is C96H124ClNO10. The van der Waals surface area contributed by atoms with E-state index in [1.54, 1.807) is 61.5 Å². The van der Waals surface area contributed by atoms with E-state index in [1.807, 2.05) is 99.6 Å². The van der Waals surface area contributed by atoms with E-state index in [-0.39, 0.29) is 39.0 Å². The van der Waals surface area contributed by atoms with Gasteiger partial charge in [-0.1, -0.05) is 221 Å². The predicted molar refractivity (Wildman–Crippen MR) is 451 cm³/mol. The van der Waals surface area contributed by atoms with Crippen molar-refractivity contribution in [1.29, 1.82) is 5.26 Å². The molecule has 0 heterocycles. The van der Waals surface area contributed by atoms with Crippen LogP contribution in [0.3, 0.4) is 0 Å². The van der Waals surface area contributed by atoms with Crippen LogP contribution in [0.15, 0.2) is 188 Å². The molecule has 12 rings (SSSR count). The van der Waals surface area contributed by atoms with Crippen LogP contribution in [-0.2, 0) is 28.5 Å². The summed E-state index contributed by atoms with van der Waals surface area (Å²) in [6.07, 6.45) is 9.37. The van der Waals surface area contributed by atoms with E-state index in [0.29, 0.717) is 70.7 Å². The minimum absolute atomic E-state index is 0.0344. The summed E-state index contributed by atoms with van der Waals surface area (Å²) in [6, 6.07) is 59.9. The Balaban J connectivity index is 0.000000222. The fourth-order valence-electron chi connectivity index (χ4n) is 13.1. The molecule has 10 aromatic rings. The van der Waals surface area contributed by atoms with Gasteiger partial charge in [0.2, 0.25) is 0 Å². The molecule has 0 radical (unpaired) electrons. The van der Waals surface area contributed by atoms with Gasteiger partial charge in [-0.2, -0.15) is 5.26 Å². The summed E-state index contributed by atoms with van der Waals surface area (Å²) in [7, 11) is 0. The number of alkyl halides is 1. The van der Waals surface area contributed by atoms with Crippen LogP contribution in [-0.4, -0.2) is 51.1 Å². The van der Waals surface area contributed by atoms with Crippen LogP contribution in [0, 0.1) is 23.2 Å². The Hall–Kier alpha value is -9.50. The van der Waals surface area contributed by atoms with Crippen molar-refractivity contribution in [3.63, 3.8) is 0 Å². The zero-order valence-corrected chi connectivity index (χ0v) is 68.4. The van der Waals surface area contributed by atoms with E-state index < -0.39 is 5.41 Å². The molecule has 0 saturated heterocycles. The summed E-state index contributed by atoms with van der Waals surface area (Å²) >= 11 is 6.21. The number of hydrogen-bond acceptors (Lipinski definition) is 11. The first kappa shape index (κ1) is 89.1. The summed E-state index contributed by atoms with van der Waals surface area (Å²) in [5, 5.41) is 107. The number of nitriles is 1. The van der Waals surface area contributed by atoms with Gasteiger partial charge < -0.3 is 51.1 Å². The largest absolute Gasteiger partial charge is 0.508 e. The van der Waals surface area contributed by atoms with Crippen molar-refractivity contribution in [3.8, 4) is 63.6 Å². The number of nitrogens with zero attached hydrogens (tertiary/aromatic N) is 1. The number of phenolic OH excluding ortho intramolecular Hbond substituents is 10. The van der Waals surface area contributed by atoms with Crippen LogP contribution in [0.5, 0.6) is 57.5 Å². The number of aryl methyl sites for hydroxylation is 1. The lowest BCUT2D eigenvalue weighted by Crippen LogP contribution is -2.17. The van der Waals surface area contributed by atoms with Crippen molar-refractivity contribution < 1.29 is 51.1 Å². The van der Waals surface area contributed by atoms with Gasteiger partial charge in [0.05, 0.1) is 16.4 Å². The van der Waals surface area contributed by atoms with Crippen LogP contribution in [0.25, 0.3) is 21.5 Å². The quantitative estimate of drug-likeness (QED) is 0.0409. The Morgan fingerprint density at radius 1 is 0.389 bits per heavy atom. The highest BCUT2D eigenvalue weighted by Gasteiger charge is 2.28. The molecule has 0 aliphatic heterocycles. The van der Waals surface area contributed by atoms with E-state index in [1.165, 1.54) is 79.9 Å². The van der Waals surface area contributed by atoms with Crippen molar-refractivity contribution in [2.75, 3.05) is 0 Å². The van der Waals surface area contributed by atoms with Crippen LogP contribution in [0.2, 0.25) is 0 Å². The Bertz CT molecular complexity index is 4480. The lowest BCUT2D eigenvalue weighted by atomic mass is 9.77. The topological polar surface area (TPSA) is 226 Å². The number of phenols is 10. The first-order valence-electron chi connectivity index (χ1n) is 38.8. The SMILES string of the molecule is CC1CCc2cc(O)ccc2C1C.CC1Cc2cc(O)ccc2C1C.CCC(C)(C#N)c1ccc(O)c(O)c1.CCC(C)(Cl)c1cccc(O)c1.CCC(C)c1cc(O)cc(C(C)(C)C)c1.CCC(C)c1ccc(O)c(O)c1.CCC(C)c1ccc(O)c2ccccc12.CCC(C)c1cccc2c(O)cccc12. The van der Waals surface area contributed by atoms with Gasteiger partial charge in [0.15, 0.2) is 23.0 Å². The average Bonchev–Trinajstić information content (AvgIpc) is 1.68. The molecule has 0 fully saturated rings. The maximum atomic E-state index is 9.75. The molecule has 0 amide bonds. The normalized spacial score (nSPS) is 16.8. The molecule has 2 aliphatic carbocycles. The van der Waals surface area contributed by atoms with Crippen LogP contribution < -0.4 is 0 Å². The van der Waals surface area contributed by atoms with Crippen molar-refractivity contribution in [2.24, 2.45) is 11.8 Å². The second-order valence-electron chi connectivity index (χ2n) is 31.1. The molecule has 580 valence electrons. The van der Waals surface area contributed by atoms with Crippen LogP contribution in [0.1, 0.15) is 273 Å². The first-order chi connectivity index (χ1) is 50.9. The Morgan fingerprint density at radius 2 is 0.852 bits per heavy atom. The number of hydrogen-bond donors (Lipinski definition) is 10. The number of fused-ring (bicyclic) bond motifs is 4. The maximum Gasteiger partial charge on any atom is 0.157 e. The molecule has 0 saturated carbocycles. The maximum absolute atomic E-state index is 9.75. The van der Waals surface area contributed by atoms with Crippen molar-refractivity contribution >= 4 is 33.1 Å². The van der Waals surface area contributed by atoms with Gasteiger partial charge >= 0.3 is 0 Å².